The summed E-state index contributed by atoms with van der Waals surface area (Å²) < 4.78 is 16.1. The number of carbonyl (C=O) groups is 4. The van der Waals surface area contributed by atoms with E-state index in [2.05, 4.69) is 5.32 Å². The first-order chi connectivity index (χ1) is 17.8. The first-order valence-corrected chi connectivity index (χ1v) is 12.4. The molecule has 0 aliphatic carbocycles. The summed E-state index contributed by atoms with van der Waals surface area (Å²) in [6.45, 7) is -0.219. The van der Waals surface area contributed by atoms with E-state index in [-0.39, 0.29) is 25.3 Å². The zero-order valence-corrected chi connectivity index (χ0v) is 20.1. The number of non-ortho nitro benzene ring substituents is 1. The van der Waals surface area contributed by atoms with Gasteiger partial charge in [0.25, 0.3) is 17.3 Å². The molecule has 13 heteroatoms. The van der Waals surface area contributed by atoms with E-state index in [1.807, 2.05) is 18.2 Å². The minimum Gasteiger partial charge on any atom is -0.456 e. The Kier molecular flexibility index (Phi) is 6.46. The molecule has 2 amide bonds. The number of β-lactam (4-membered cyclic amide) rings is 1. The Hall–Kier alpha value is -4.13. The van der Waals surface area contributed by atoms with Gasteiger partial charge in [-0.3, -0.25) is 24.6 Å². The van der Waals surface area contributed by atoms with Crippen LogP contribution in [-0.4, -0.2) is 62.6 Å². The van der Waals surface area contributed by atoms with Crippen LogP contribution >= 0.6 is 11.8 Å². The van der Waals surface area contributed by atoms with Crippen molar-refractivity contribution in [2.75, 3.05) is 5.75 Å². The molecule has 5 rings (SSSR count). The fraction of sp³-hybridized carbons (Fsp3) is 0.333. The second-order valence-corrected chi connectivity index (χ2v) is 9.89. The minimum absolute atomic E-state index is 0.0231. The number of amides is 2. The van der Waals surface area contributed by atoms with Crippen molar-refractivity contribution in [3.63, 3.8) is 0 Å². The molecular weight excluding hydrogens is 506 g/mol. The highest BCUT2D eigenvalue weighted by Gasteiger charge is 2.72. The summed E-state index contributed by atoms with van der Waals surface area (Å²) in [6, 6.07) is 12.9. The molecule has 192 valence electrons. The van der Waals surface area contributed by atoms with Crippen molar-refractivity contribution in [1.29, 1.82) is 0 Å². The molecule has 3 aliphatic heterocycles. The standard InChI is InChI=1S/C24H21N3O9S/c28-19-10-18-24(36-19,22(30)34-11-15-6-8-16(9-7-15)27(32)33)26-17(13-37-18)20(21(26)29)25-23(31)35-12-14-4-2-1-3-5-14/h1-9,17-18,20H,10-13H2,(H,25,31)/t17-,18?,20+,24?/m1/s1. The number of hydrogen-bond acceptors (Lipinski definition) is 10. The van der Waals surface area contributed by atoms with Crippen molar-refractivity contribution in [3.05, 3.63) is 75.8 Å². The molecule has 0 spiro atoms. The summed E-state index contributed by atoms with van der Waals surface area (Å²) in [7, 11) is 0. The van der Waals surface area contributed by atoms with Crippen molar-refractivity contribution in [1.82, 2.24) is 10.2 Å². The molecule has 1 N–H and O–H groups in total. The fourth-order valence-electron chi connectivity index (χ4n) is 4.57. The summed E-state index contributed by atoms with van der Waals surface area (Å²) in [5, 5.41) is 12.7. The van der Waals surface area contributed by atoms with Crippen LogP contribution in [0.4, 0.5) is 10.5 Å². The predicted octanol–water partition coefficient (Wildman–Crippen LogP) is 1.90. The lowest BCUT2D eigenvalue weighted by Gasteiger charge is -2.57. The molecule has 3 fully saturated rings. The molecule has 0 radical (unpaired) electrons. The Balaban J connectivity index is 1.26. The van der Waals surface area contributed by atoms with Crippen molar-refractivity contribution < 1.29 is 38.3 Å². The van der Waals surface area contributed by atoms with Gasteiger partial charge in [0, 0.05) is 17.9 Å². The Bertz CT molecular complexity index is 1260. The Labute approximate surface area is 214 Å². The van der Waals surface area contributed by atoms with Gasteiger partial charge in [-0.05, 0) is 23.3 Å². The molecule has 0 aromatic heterocycles. The smallest absolute Gasteiger partial charge is 0.408 e. The highest BCUT2D eigenvalue weighted by atomic mass is 32.2. The highest BCUT2D eigenvalue weighted by Crippen LogP contribution is 2.49. The monoisotopic (exact) mass is 527 g/mol. The average molecular weight is 528 g/mol. The largest absolute Gasteiger partial charge is 0.456 e. The van der Waals surface area contributed by atoms with Gasteiger partial charge in [0.15, 0.2) is 0 Å². The summed E-state index contributed by atoms with van der Waals surface area (Å²) in [5.41, 5.74) is -0.805. The van der Waals surface area contributed by atoms with Gasteiger partial charge in [-0.15, -0.1) is 11.8 Å². The number of alkyl carbamates (subject to hydrolysis) is 1. The number of nitro benzene ring substituents is 1. The van der Waals surface area contributed by atoms with E-state index in [1.54, 1.807) is 12.1 Å². The molecule has 2 aromatic carbocycles. The van der Waals surface area contributed by atoms with Gasteiger partial charge in [-0.1, -0.05) is 30.3 Å². The normalized spacial score (nSPS) is 25.7. The minimum atomic E-state index is -1.95. The van der Waals surface area contributed by atoms with Gasteiger partial charge in [0.05, 0.1) is 22.6 Å². The summed E-state index contributed by atoms with van der Waals surface area (Å²) >= 11 is 1.29. The van der Waals surface area contributed by atoms with E-state index in [9.17, 15) is 29.3 Å². The maximum Gasteiger partial charge on any atom is 0.408 e. The van der Waals surface area contributed by atoms with Gasteiger partial charge in [-0.2, -0.15) is 0 Å². The van der Waals surface area contributed by atoms with Crippen molar-refractivity contribution in [3.8, 4) is 0 Å². The van der Waals surface area contributed by atoms with E-state index in [4.69, 9.17) is 14.2 Å². The molecule has 37 heavy (non-hydrogen) atoms. The van der Waals surface area contributed by atoms with E-state index in [1.165, 1.54) is 40.9 Å². The lowest BCUT2D eigenvalue weighted by Crippen LogP contribution is -2.82. The first kappa shape index (κ1) is 24.6. The topological polar surface area (TPSA) is 154 Å². The molecule has 2 unspecified atom stereocenters. The Morgan fingerprint density at radius 1 is 1.08 bits per heavy atom. The number of rotatable bonds is 7. The number of ether oxygens (including phenoxy) is 3. The number of hydrogen-bond donors (Lipinski definition) is 1. The fourth-order valence-corrected chi connectivity index (χ4v) is 6.08. The molecule has 3 saturated heterocycles. The quantitative estimate of drug-likeness (QED) is 0.186. The second-order valence-electron chi connectivity index (χ2n) is 8.66. The van der Waals surface area contributed by atoms with Gasteiger partial charge >= 0.3 is 18.0 Å². The molecule has 2 aromatic rings. The van der Waals surface area contributed by atoms with Crippen LogP contribution in [0.3, 0.4) is 0 Å². The van der Waals surface area contributed by atoms with Crippen molar-refractivity contribution in [2.24, 2.45) is 0 Å². The van der Waals surface area contributed by atoms with Crippen LogP contribution in [-0.2, 0) is 41.8 Å². The van der Waals surface area contributed by atoms with Crippen LogP contribution in [0.1, 0.15) is 17.5 Å². The summed E-state index contributed by atoms with van der Waals surface area (Å²) in [6.07, 6.45) is -0.863. The number of thioether (sulfide) groups is 1. The number of esters is 2. The molecule has 3 aliphatic rings. The van der Waals surface area contributed by atoms with Crippen LogP contribution in [0.5, 0.6) is 0 Å². The van der Waals surface area contributed by atoms with E-state index >= 15 is 0 Å². The molecule has 3 heterocycles. The van der Waals surface area contributed by atoms with Gasteiger partial charge in [0.2, 0.25) is 0 Å². The molecular formula is C24H21N3O9S. The number of carbonyl (C=O) groups excluding carboxylic acids is 4. The maximum absolute atomic E-state index is 13.3. The molecule has 12 nitrogen and oxygen atoms in total. The zero-order valence-electron chi connectivity index (χ0n) is 19.2. The number of nitrogens with zero attached hydrogens (tertiary/aromatic N) is 2. The van der Waals surface area contributed by atoms with Crippen LogP contribution in [0, 0.1) is 10.1 Å². The maximum atomic E-state index is 13.3. The van der Waals surface area contributed by atoms with E-state index in [0.717, 1.165) is 5.56 Å². The van der Waals surface area contributed by atoms with E-state index < -0.39 is 51.9 Å². The van der Waals surface area contributed by atoms with Crippen LogP contribution in [0.2, 0.25) is 0 Å². The Morgan fingerprint density at radius 2 is 1.76 bits per heavy atom. The van der Waals surface area contributed by atoms with Crippen LogP contribution < -0.4 is 5.32 Å². The number of fused-ring (bicyclic) bond motifs is 3. The Morgan fingerprint density at radius 3 is 2.46 bits per heavy atom. The van der Waals surface area contributed by atoms with Crippen molar-refractivity contribution >= 4 is 41.4 Å². The van der Waals surface area contributed by atoms with Crippen LogP contribution in [0.15, 0.2) is 54.6 Å². The number of nitrogens with one attached hydrogen (secondary N) is 1. The molecule has 4 atom stereocenters. The zero-order chi connectivity index (χ0) is 26.2. The number of nitro groups is 1. The second kappa shape index (κ2) is 9.73. The third-order valence-corrected chi connectivity index (χ3v) is 7.82. The highest BCUT2D eigenvalue weighted by molar-refractivity contribution is 8.00. The summed E-state index contributed by atoms with van der Waals surface area (Å²) in [4.78, 5) is 62.4. The lowest BCUT2D eigenvalue weighted by molar-refractivity contribution is -0.384. The van der Waals surface area contributed by atoms with Gasteiger partial charge < -0.3 is 19.5 Å². The van der Waals surface area contributed by atoms with Crippen molar-refractivity contribution in [2.45, 2.75) is 42.7 Å². The lowest BCUT2D eigenvalue weighted by atomic mass is 9.90. The van der Waals surface area contributed by atoms with Crippen LogP contribution in [0.25, 0.3) is 0 Å². The third kappa shape index (κ3) is 4.46. The summed E-state index contributed by atoms with van der Waals surface area (Å²) in [5.74, 6) is -1.78. The average Bonchev–Trinajstić information content (AvgIpc) is 3.25. The molecule has 0 bridgehead atoms. The third-order valence-electron chi connectivity index (χ3n) is 6.40. The SMILES string of the molecule is O=C1CC2SC[C@@H]3[C@H](NC(=O)OCc4ccccc4)C(=O)N3C2(C(=O)OCc2ccc([N+](=O)[O-])cc2)O1. The first-order valence-electron chi connectivity index (χ1n) is 11.3. The van der Waals surface area contributed by atoms with Gasteiger partial charge in [-0.25, -0.2) is 9.59 Å². The predicted molar refractivity (Wildman–Crippen MR) is 127 cm³/mol. The van der Waals surface area contributed by atoms with E-state index in [0.29, 0.717) is 11.3 Å². The van der Waals surface area contributed by atoms with Gasteiger partial charge in [0.1, 0.15) is 19.3 Å². The molecule has 0 saturated carbocycles. The number of benzene rings is 2.